The molecule has 9 heteroatoms. The van der Waals surface area contributed by atoms with E-state index >= 15 is 0 Å². The number of carbonyl (C=O) groups is 1. The minimum absolute atomic E-state index is 0.0210. The average Bonchev–Trinajstić information content (AvgIpc) is 2.84. The van der Waals surface area contributed by atoms with Gasteiger partial charge < -0.3 is 24.3 Å². The molecule has 166 valence electrons. The fourth-order valence-electron chi connectivity index (χ4n) is 2.80. The van der Waals surface area contributed by atoms with Gasteiger partial charge in [0.15, 0.2) is 0 Å². The number of nitrogens with zero attached hydrogens (tertiary/aromatic N) is 3. The fraction of sp³-hybridized carbons (Fsp3) is 0.0833. The normalized spacial score (nSPS) is 10.2. The van der Waals surface area contributed by atoms with Gasteiger partial charge in [0, 0.05) is 5.69 Å². The topological polar surface area (TPSA) is 105 Å². The first kappa shape index (κ1) is 21.6. The van der Waals surface area contributed by atoms with Crippen LogP contribution in [0.1, 0.15) is 10.4 Å². The summed E-state index contributed by atoms with van der Waals surface area (Å²) in [6, 6.07) is 22.9. The van der Waals surface area contributed by atoms with E-state index in [0.717, 1.165) is 0 Å². The first-order valence-corrected chi connectivity index (χ1v) is 9.89. The molecule has 0 fully saturated rings. The molecule has 0 saturated heterocycles. The highest BCUT2D eigenvalue weighted by Gasteiger charge is 2.13. The summed E-state index contributed by atoms with van der Waals surface area (Å²) in [4.78, 5) is 24.7. The molecule has 3 aromatic carbocycles. The number of ether oxygens (including phenoxy) is 4. The summed E-state index contributed by atoms with van der Waals surface area (Å²) < 4.78 is 21.5. The predicted octanol–water partition coefficient (Wildman–Crippen LogP) is 5.00. The first-order chi connectivity index (χ1) is 16.1. The van der Waals surface area contributed by atoms with E-state index in [4.69, 9.17) is 18.9 Å². The summed E-state index contributed by atoms with van der Waals surface area (Å²) in [5.41, 5.74) is 0.956. The van der Waals surface area contributed by atoms with Crippen LogP contribution in [0.25, 0.3) is 0 Å². The number of nitrogens with one attached hydrogen (secondary N) is 1. The van der Waals surface area contributed by atoms with Crippen LogP contribution in [-0.2, 0) is 4.74 Å². The van der Waals surface area contributed by atoms with Crippen molar-refractivity contribution >= 4 is 17.6 Å². The number of hydrogen-bond acceptors (Lipinski definition) is 9. The van der Waals surface area contributed by atoms with E-state index in [0.29, 0.717) is 28.5 Å². The molecule has 1 N–H and O–H groups in total. The van der Waals surface area contributed by atoms with Crippen molar-refractivity contribution in [3.63, 3.8) is 0 Å². The number of carbonyl (C=O) groups excluding carboxylic acids is 1. The molecule has 0 aliphatic rings. The lowest BCUT2D eigenvalue weighted by molar-refractivity contribution is 0.0600. The summed E-state index contributed by atoms with van der Waals surface area (Å²) in [5, 5.41) is 3.04. The van der Waals surface area contributed by atoms with Gasteiger partial charge in [0.1, 0.15) is 17.2 Å². The Kier molecular flexibility index (Phi) is 6.60. The van der Waals surface area contributed by atoms with Crippen LogP contribution >= 0.6 is 0 Å². The van der Waals surface area contributed by atoms with Gasteiger partial charge in [-0.3, -0.25) is 0 Å². The third-order valence-electron chi connectivity index (χ3n) is 4.36. The van der Waals surface area contributed by atoms with Crippen LogP contribution in [0.2, 0.25) is 0 Å². The molecular formula is C24H20N4O5. The molecule has 0 amide bonds. The molecule has 33 heavy (non-hydrogen) atoms. The van der Waals surface area contributed by atoms with Crippen molar-refractivity contribution in [2.45, 2.75) is 0 Å². The number of rotatable bonds is 8. The lowest BCUT2D eigenvalue weighted by Gasteiger charge is -2.11. The molecule has 0 aliphatic carbocycles. The van der Waals surface area contributed by atoms with Gasteiger partial charge in [-0.15, -0.1) is 4.98 Å². The SMILES string of the molecule is COC(=O)c1cccc(Nc2nc(Oc3ccccc3)nc(Oc3ccc(OC)cc3)n2)c1. The van der Waals surface area contributed by atoms with Gasteiger partial charge in [-0.05, 0) is 54.6 Å². The molecule has 0 aliphatic heterocycles. The monoisotopic (exact) mass is 444 g/mol. The summed E-state index contributed by atoms with van der Waals surface area (Å²) in [7, 11) is 2.91. The molecule has 0 atom stereocenters. The second-order valence-electron chi connectivity index (χ2n) is 6.61. The van der Waals surface area contributed by atoms with Crippen LogP contribution in [-0.4, -0.2) is 35.1 Å². The van der Waals surface area contributed by atoms with Crippen LogP contribution in [0.3, 0.4) is 0 Å². The van der Waals surface area contributed by atoms with Crippen molar-refractivity contribution < 1.29 is 23.7 Å². The molecule has 1 heterocycles. The van der Waals surface area contributed by atoms with Crippen molar-refractivity contribution in [2.24, 2.45) is 0 Å². The minimum Gasteiger partial charge on any atom is -0.497 e. The van der Waals surface area contributed by atoms with E-state index in [9.17, 15) is 4.79 Å². The van der Waals surface area contributed by atoms with Crippen molar-refractivity contribution in [1.82, 2.24) is 15.0 Å². The molecule has 9 nitrogen and oxygen atoms in total. The van der Waals surface area contributed by atoms with E-state index in [-0.39, 0.29) is 18.0 Å². The average molecular weight is 444 g/mol. The maximum atomic E-state index is 11.8. The number of aromatic nitrogens is 3. The van der Waals surface area contributed by atoms with Gasteiger partial charge in [-0.25, -0.2) is 4.79 Å². The highest BCUT2D eigenvalue weighted by Crippen LogP contribution is 2.26. The Balaban J connectivity index is 1.64. The molecule has 4 rings (SSSR count). The van der Waals surface area contributed by atoms with Gasteiger partial charge in [0.25, 0.3) is 0 Å². The summed E-state index contributed by atoms with van der Waals surface area (Å²) in [5.74, 6) is 1.47. The quantitative estimate of drug-likeness (QED) is 0.376. The Morgan fingerprint density at radius 2 is 1.36 bits per heavy atom. The molecule has 1 aromatic heterocycles. The molecule has 0 saturated carbocycles. The standard InChI is InChI=1S/C24H20N4O5/c1-30-18-11-13-20(14-12-18)33-24-27-22(25-17-8-6-7-16(15-17)21(29)31-2)26-23(28-24)32-19-9-4-3-5-10-19/h3-15H,1-2H3,(H,25,26,27,28). The highest BCUT2D eigenvalue weighted by atomic mass is 16.5. The molecule has 0 spiro atoms. The van der Waals surface area contributed by atoms with Crippen LogP contribution in [0.15, 0.2) is 78.9 Å². The summed E-state index contributed by atoms with van der Waals surface area (Å²) in [6.07, 6.45) is 0. The molecule has 0 unspecified atom stereocenters. The van der Waals surface area contributed by atoms with Crippen molar-refractivity contribution in [1.29, 1.82) is 0 Å². The van der Waals surface area contributed by atoms with Crippen LogP contribution in [0, 0.1) is 0 Å². The zero-order chi connectivity index (χ0) is 23.0. The number of esters is 1. The first-order valence-electron chi connectivity index (χ1n) is 9.89. The smallest absolute Gasteiger partial charge is 0.337 e. The Morgan fingerprint density at radius 1 is 0.727 bits per heavy atom. The Hall–Kier alpha value is -4.66. The van der Waals surface area contributed by atoms with Crippen molar-refractivity contribution in [2.75, 3.05) is 19.5 Å². The summed E-state index contributed by atoms with van der Waals surface area (Å²) >= 11 is 0. The maximum absolute atomic E-state index is 11.8. The largest absolute Gasteiger partial charge is 0.497 e. The van der Waals surface area contributed by atoms with E-state index in [2.05, 4.69) is 20.3 Å². The van der Waals surface area contributed by atoms with Crippen LogP contribution in [0.4, 0.5) is 11.6 Å². The third kappa shape index (κ3) is 5.73. The Labute approximate surface area is 190 Å². The van der Waals surface area contributed by atoms with Gasteiger partial charge in [-0.1, -0.05) is 24.3 Å². The van der Waals surface area contributed by atoms with Crippen LogP contribution in [0.5, 0.6) is 29.3 Å². The molecule has 0 bridgehead atoms. The number of anilines is 2. The number of methoxy groups -OCH3 is 2. The number of benzene rings is 3. The van der Waals surface area contributed by atoms with Gasteiger partial charge in [0.05, 0.1) is 19.8 Å². The Bertz CT molecular complexity index is 1230. The summed E-state index contributed by atoms with van der Waals surface area (Å²) in [6.45, 7) is 0. The Morgan fingerprint density at radius 3 is 2.00 bits per heavy atom. The maximum Gasteiger partial charge on any atom is 0.337 e. The second-order valence-corrected chi connectivity index (χ2v) is 6.61. The molecule has 4 aromatic rings. The third-order valence-corrected chi connectivity index (χ3v) is 4.36. The van der Waals surface area contributed by atoms with Crippen LogP contribution < -0.4 is 19.5 Å². The minimum atomic E-state index is -0.453. The zero-order valence-corrected chi connectivity index (χ0v) is 17.9. The molecule has 0 radical (unpaired) electrons. The van der Waals surface area contributed by atoms with Crippen molar-refractivity contribution in [3.8, 4) is 29.3 Å². The van der Waals surface area contributed by atoms with E-state index < -0.39 is 5.97 Å². The lowest BCUT2D eigenvalue weighted by Crippen LogP contribution is -2.05. The zero-order valence-electron chi connectivity index (χ0n) is 17.9. The van der Waals surface area contributed by atoms with Crippen molar-refractivity contribution in [3.05, 3.63) is 84.4 Å². The van der Waals surface area contributed by atoms with Gasteiger partial charge >= 0.3 is 18.0 Å². The van der Waals surface area contributed by atoms with Gasteiger partial charge in [-0.2, -0.15) is 9.97 Å². The highest BCUT2D eigenvalue weighted by molar-refractivity contribution is 5.90. The van der Waals surface area contributed by atoms with E-state index in [1.807, 2.05) is 18.2 Å². The molecular weight excluding hydrogens is 424 g/mol. The van der Waals surface area contributed by atoms with E-state index in [1.54, 1.807) is 67.8 Å². The van der Waals surface area contributed by atoms with E-state index in [1.165, 1.54) is 7.11 Å². The number of para-hydroxylation sites is 1. The number of hydrogen-bond donors (Lipinski definition) is 1. The second kappa shape index (κ2) is 10.1. The predicted molar refractivity (Wildman–Crippen MR) is 120 cm³/mol. The fourth-order valence-corrected chi connectivity index (χ4v) is 2.80. The van der Waals surface area contributed by atoms with Gasteiger partial charge in [0.2, 0.25) is 5.95 Å². The lowest BCUT2D eigenvalue weighted by atomic mass is 10.2.